The molecule has 0 aliphatic heterocycles. The summed E-state index contributed by atoms with van der Waals surface area (Å²) in [6.45, 7) is 2.72. The standard InChI is InChI=1S/C12H18N2O4/c1-3-6-14-7-4-5-9(14)11(15)13-8-10(18-2)12(16)17/h4-5,7,10H,3,6,8H2,1-2H3,(H,13,15)(H,16,17). The number of carbonyl (C=O) groups is 2. The van der Waals surface area contributed by atoms with E-state index in [9.17, 15) is 9.59 Å². The molecular formula is C12H18N2O4. The van der Waals surface area contributed by atoms with Crippen molar-refractivity contribution < 1.29 is 19.4 Å². The van der Waals surface area contributed by atoms with E-state index in [1.165, 1.54) is 7.11 Å². The summed E-state index contributed by atoms with van der Waals surface area (Å²) in [6.07, 6.45) is 1.72. The zero-order valence-corrected chi connectivity index (χ0v) is 10.5. The Labute approximate surface area is 106 Å². The molecule has 18 heavy (non-hydrogen) atoms. The highest BCUT2D eigenvalue weighted by atomic mass is 16.5. The molecule has 6 heteroatoms. The van der Waals surface area contributed by atoms with E-state index in [-0.39, 0.29) is 12.5 Å². The second kappa shape index (κ2) is 6.80. The van der Waals surface area contributed by atoms with Gasteiger partial charge in [-0.15, -0.1) is 0 Å². The smallest absolute Gasteiger partial charge is 0.334 e. The summed E-state index contributed by atoms with van der Waals surface area (Å²) in [5.41, 5.74) is 0.525. The van der Waals surface area contributed by atoms with Crippen molar-refractivity contribution in [2.24, 2.45) is 0 Å². The van der Waals surface area contributed by atoms with Crippen molar-refractivity contribution in [2.45, 2.75) is 26.0 Å². The third-order valence-corrected chi connectivity index (χ3v) is 2.53. The Morgan fingerprint density at radius 3 is 2.83 bits per heavy atom. The van der Waals surface area contributed by atoms with Crippen LogP contribution in [0.4, 0.5) is 0 Å². The van der Waals surface area contributed by atoms with E-state index in [4.69, 9.17) is 9.84 Å². The molecule has 0 radical (unpaired) electrons. The minimum Gasteiger partial charge on any atom is -0.479 e. The van der Waals surface area contributed by atoms with Gasteiger partial charge in [0, 0.05) is 19.9 Å². The number of aliphatic carboxylic acids is 1. The Hall–Kier alpha value is -1.82. The van der Waals surface area contributed by atoms with Crippen LogP contribution in [0.2, 0.25) is 0 Å². The number of nitrogens with one attached hydrogen (secondary N) is 1. The molecule has 1 heterocycles. The van der Waals surface area contributed by atoms with E-state index < -0.39 is 12.1 Å². The van der Waals surface area contributed by atoms with E-state index in [1.807, 2.05) is 17.7 Å². The van der Waals surface area contributed by atoms with Crippen molar-refractivity contribution in [1.29, 1.82) is 0 Å². The van der Waals surface area contributed by atoms with E-state index in [1.54, 1.807) is 12.1 Å². The molecule has 1 amide bonds. The first-order valence-electron chi connectivity index (χ1n) is 5.79. The molecule has 1 atom stereocenters. The first kappa shape index (κ1) is 14.2. The molecule has 0 aliphatic carbocycles. The Morgan fingerprint density at radius 2 is 2.28 bits per heavy atom. The van der Waals surface area contributed by atoms with Gasteiger partial charge in [-0.2, -0.15) is 0 Å². The number of hydrogen-bond donors (Lipinski definition) is 2. The van der Waals surface area contributed by atoms with Crippen molar-refractivity contribution in [3.8, 4) is 0 Å². The number of methoxy groups -OCH3 is 1. The van der Waals surface area contributed by atoms with Gasteiger partial charge in [-0.3, -0.25) is 4.79 Å². The molecular weight excluding hydrogens is 236 g/mol. The number of aryl methyl sites for hydroxylation is 1. The summed E-state index contributed by atoms with van der Waals surface area (Å²) in [5.74, 6) is -1.39. The van der Waals surface area contributed by atoms with Gasteiger partial charge in [-0.05, 0) is 18.6 Å². The van der Waals surface area contributed by atoms with Gasteiger partial charge in [0.05, 0.1) is 6.54 Å². The molecule has 1 aromatic heterocycles. The molecule has 0 aromatic carbocycles. The van der Waals surface area contributed by atoms with Gasteiger partial charge >= 0.3 is 5.97 Å². The first-order valence-corrected chi connectivity index (χ1v) is 5.79. The summed E-state index contributed by atoms with van der Waals surface area (Å²) in [6, 6.07) is 3.49. The molecule has 2 N–H and O–H groups in total. The number of carboxylic acid groups (broad SMARTS) is 1. The normalized spacial score (nSPS) is 12.1. The summed E-state index contributed by atoms with van der Waals surface area (Å²) < 4.78 is 6.57. The fraction of sp³-hybridized carbons (Fsp3) is 0.500. The maximum Gasteiger partial charge on any atom is 0.334 e. The van der Waals surface area contributed by atoms with Crippen molar-refractivity contribution >= 4 is 11.9 Å². The minimum atomic E-state index is -1.10. The van der Waals surface area contributed by atoms with Crippen LogP contribution in [0.1, 0.15) is 23.8 Å². The highest BCUT2D eigenvalue weighted by molar-refractivity contribution is 5.93. The van der Waals surface area contributed by atoms with E-state index in [2.05, 4.69) is 5.32 Å². The highest BCUT2D eigenvalue weighted by Crippen LogP contribution is 2.03. The van der Waals surface area contributed by atoms with Crippen molar-refractivity contribution in [2.75, 3.05) is 13.7 Å². The molecule has 0 spiro atoms. The lowest BCUT2D eigenvalue weighted by Crippen LogP contribution is -2.38. The number of amides is 1. The predicted octanol–water partition coefficient (Wildman–Crippen LogP) is 0.727. The first-order chi connectivity index (χ1) is 8.60. The van der Waals surface area contributed by atoms with Crippen LogP contribution in [0.3, 0.4) is 0 Å². The van der Waals surface area contributed by atoms with Gasteiger partial charge in [0.1, 0.15) is 5.69 Å². The van der Waals surface area contributed by atoms with Gasteiger partial charge < -0.3 is 19.7 Å². The Kier molecular flexibility index (Phi) is 5.38. The maximum absolute atomic E-state index is 11.9. The topological polar surface area (TPSA) is 80.6 Å². The van der Waals surface area contributed by atoms with Crippen LogP contribution in [0.25, 0.3) is 0 Å². The monoisotopic (exact) mass is 254 g/mol. The van der Waals surface area contributed by atoms with Crippen molar-refractivity contribution in [3.63, 3.8) is 0 Å². The number of aromatic nitrogens is 1. The summed E-state index contributed by atoms with van der Waals surface area (Å²) in [4.78, 5) is 22.6. The minimum absolute atomic E-state index is 0.0536. The van der Waals surface area contributed by atoms with Crippen LogP contribution in [0.15, 0.2) is 18.3 Å². The predicted molar refractivity (Wildman–Crippen MR) is 65.5 cm³/mol. The van der Waals surface area contributed by atoms with Crippen LogP contribution in [-0.4, -0.2) is 41.3 Å². The number of rotatable bonds is 7. The number of nitrogens with zero attached hydrogens (tertiary/aromatic N) is 1. The van der Waals surface area contributed by atoms with Crippen LogP contribution in [0, 0.1) is 0 Å². The Balaban J connectivity index is 2.59. The Bertz CT molecular complexity index is 414. The third kappa shape index (κ3) is 3.59. The molecule has 1 aromatic rings. The summed E-state index contributed by atoms with van der Waals surface area (Å²) in [5, 5.41) is 11.3. The van der Waals surface area contributed by atoms with Gasteiger partial charge in [0.2, 0.25) is 0 Å². The number of hydrogen-bond acceptors (Lipinski definition) is 3. The SMILES string of the molecule is CCCn1cccc1C(=O)NCC(OC)C(=O)O. The number of carboxylic acids is 1. The number of carbonyl (C=O) groups excluding carboxylic acids is 1. The fourth-order valence-electron chi connectivity index (χ4n) is 1.60. The maximum atomic E-state index is 11.9. The van der Waals surface area contributed by atoms with Crippen molar-refractivity contribution in [3.05, 3.63) is 24.0 Å². The third-order valence-electron chi connectivity index (χ3n) is 2.53. The summed E-state index contributed by atoms with van der Waals surface area (Å²) >= 11 is 0. The van der Waals surface area contributed by atoms with Crippen molar-refractivity contribution in [1.82, 2.24) is 9.88 Å². The van der Waals surface area contributed by atoms with E-state index >= 15 is 0 Å². The largest absolute Gasteiger partial charge is 0.479 e. The Morgan fingerprint density at radius 1 is 1.56 bits per heavy atom. The van der Waals surface area contributed by atoms with Crippen LogP contribution in [0.5, 0.6) is 0 Å². The molecule has 0 saturated heterocycles. The fourth-order valence-corrected chi connectivity index (χ4v) is 1.60. The summed E-state index contributed by atoms with van der Waals surface area (Å²) in [7, 11) is 1.30. The molecule has 6 nitrogen and oxygen atoms in total. The van der Waals surface area contributed by atoms with Gasteiger partial charge in [0.15, 0.2) is 6.10 Å². The molecule has 0 bridgehead atoms. The lowest BCUT2D eigenvalue weighted by atomic mass is 10.3. The van der Waals surface area contributed by atoms with Crippen LogP contribution in [-0.2, 0) is 16.1 Å². The lowest BCUT2D eigenvalue weighted by molar-refractivity contribution is -0.148. The van der Waals surface area contributed by atoms with Gasteiger partial charge in [-0.1, -0.05) is 6.92 Å². The zero-order valence-electron chi connectivity index (χ0n) is 10.5. The van der Waals surface area contributed by atoms with E-state index in [0.29, 0.717) is 5.69 Å². The second-order valence-electron chi connectivity index (χ2n) is 3.86. The molecule has 0 fully saturated rings. The van der Waals surface area contributed by atoms with E-state index in [0.717, 1.165) is 13.0 Å². The molecule has 1 rings (SSSR count). The molecule has 1 unspecified atom stereocenters. The lowest BCUT2D eigenvalue weighted by Gasteiger charge is -2.12. The highest BCUT2D eigenvalue weighted by Gasteiger charge is 2.18. The average Bonchev–Trinajstić information content (AvgIpc) is 2.78. The zero-order chi connectivity index (χ0) is 13.5. The van der Waals surface area contributed by atoms with Crippen LogP contribution >= 0.6 is 0 Å². The average molecular weight is 254 g/mol. The quantitative estimate of drug-likeness (QED) is 0.751. The second-order valence-corrected chi connectivity index (χ2v) is 3.86. The molecule has 0 saturated carbocycles. The van der Waals surface area contributed by atoms with Gasteiger partial charge in [0.25, 0.3) is 5.91 Å². The molecule has 100 valence electrons. The molecule has 0 aliphatic rings. The number of ether oxygens (including phenoxy) is 1. The van der Waals surface area contributed by atoms with Gasteiger partial charge in [-0.25, -0.2) is 4.79 Å². The van der Waals surface area contributed by atoms with Crippen LogP contribution < -0.4 is 5.32 Å².